The van der Waals surface area contributed by atoms with Gasteiger partial charge < -0.3 is 14.5 Å². The highest BCUT2D eigenvalue weighted by molar-refractivity contribution is 5.67. The van der Waals surface area contributed by atoms with E-state index in [1.165, 1.54) is 5.69 Å². The van der Waals surface area contributed by atoms with Crippen LogP contribution >= 0.6 is 0 Å². The van der Waals surface area contributed by atoms with Gasteiger partial charge in [-0.3, -0.25) is 15.0 Å². The summed E-state index contributed by atoms with van der Waals surface area (Å²) in [5.41, 5.74) is 6.37. The normalized spacial score (nSPS) is 17.8. The van der Waals surface area contributed by atoms with Gasteiger partial charge in [0, 0.05) is 42.5 Å². The zero-order chi connectivity index (χ0) is 19.9. The molecule has 2 aliphatic rings. The van der Waals surface area contributed by atoms with Crippen LogP contribution in [0.5, 0.6) is 11.5 Å². The Morgan fingerprint density at radius 1 is 1.10 bits per heavy atom. The molecule has 1 atom stereocenters. The average molecular weight is 400 g/mol. The van der Waals surface area contributed by atoms with Crippen LogP contribution in [0.2, 0.25) is 0 Å². The molecule has 0 fully saturated rings. The minimum Gasteiger partial charge on any atom is -0.454 e. The van der Waals surface area contributed by atoms with E-state index >= 15 is 0 Å². The molecule has 0 saturated carbocycles. The van der Waals surface area contributed by atoms with Crippen molar-refractivity contribution in [3.8, 4) is 22.8 Å². The Bertz CT molecular complexity index is 1190. The second-order valence-corrected chi connectivity index (χ2v) is 7.48. The summed E-state index contributed by atoms with van der Waals surface area (Å²) in [5.74, 6) is 1.54. The predicted octanol–water partition coefficient (Wildman–Crippen LogP) is 3.07. The lowest BCUT2D eigenvalue weighted by atomic mass is 9.98. The fraction of sp³-hybridized carbons (Fsp3) is 0.227. The maximum atomic E-state index is 5.55. The number of aromatic nitrogens is 5. The van der Waals surface area contributed by atoms with Gasteiger partial charge in [0.2, 0.25) is 6.79 Å². The summed E-state index contributed by atoms with van der Waals surface area (Å²) in [4.78, 5) is 15.0. The number of hydrogen-bond donors (Lipinski definition) is 2. The van der Waals surface area contributed by atoms with E-state index in [2.05, 4.69) is 36.1 Å². The Balaban J connectivity index is 1.35. The lowest BCUT2D eigenvalue weighted by Crippen LogP contribution is -2.36. The van der Waals surface area contributed by atoms with Crippen LogP contribution in [-0.2, 0) is 13.0 Å². The second-order valence-electron chi connectivity index (χ2n) is 7.48. The molecule has 3 aromatic heterocycles. The molecule has 5 heterocycles. The molecule has 30 heavy (non-hydrogen) atoms. The van der Waals surface area contributed by atoms with Crippen LogP contribution in [0.4, 0.5) is 0 Å². The number of imidazole rings is 1. The largest absolute Gasteiger partial charge is 0.454 e. The van der Waals surface area contributed by atoms with Crippen molar-refractivity contribution in [3.63, 3.8) is 0 Å². The number of benzene rings is 1. The number of H-pyrrole nitrogens is 2. The van der Waals surface area contributed by atoms with Crippen molar-refractivity contribution in [2.75, 3.05) is 13.3 Å². The third-order valence-electron chi connectivity index (χ3n) is 5.75. The Morgan fingerprint density at radius 3 is 3.00 bits per heavy atom. The van der Waals surface area contributed by atoms with E-state index in [1.54, 1.807) is 6.33 Å². The number of rotatable bonds is 4. The summed E-state index contributed by atoms with van der Waals surface area (Å²) in [6.07, 6.45) is 6.44. The first-order valence-corrected chi connectivity index (χ1v) is 9.96. The van der Waals surface area contributed by atoms with Crippen molar-refractivity contribution < 1.29 is 9.47 Å². The van der Waals surface area contributed by atoms with Crippen molar-refractivity contribution in [2.24, 2.45) is 0 Å². The van der Waals surface area contributed by atoms with E-state index in [4.69, 9.17) is 9.47 Å². The predicted molar refractivity (Wildman–Crippen MR) is 109 cm³/mol. The van der Waals surface area contributed by atoms with E-state index in [0.29, 0.717) is 0 Å². The average Bonchev–Trinajstić information content (AvgIpc) is 3.54. The number of aromatic amines is 2. The summed E-state index contributed by atoms with van der Waals surface area (Å²) in [6.45, 7) is 1.90. The van der Waals surface area contributed by atoms with Crippen molar-refractivity contribution in [3.05, 3.63) is 77.8 Å². The summed E-state index contributed by atoms with van der Waals surface area (Å²) >= 11 is 0. The van der Waals surface area contributed by atoms with Gasteiger partial charge in [0.05, 0.1) is 35.6 Å². The van der Waals surface area contributed by atoms with Crippen molar-refractivity contribution in [1.82, 2.24) is 30.0 Å². The Hall–Kier alpha value is -3.65. The van der Waals surface area contributed by atoms with E-state index in [1.807, 2.05) is 42.7 Å². The first kappa shape index (κ1) is 17.2. The molecule has 6 rings (SSSR count). The molecule has 1 aromatic carbocycles. The lowest BCUT2D eigenvalue weighted by Gasteiger charge is -2.34. The first-order valence-electron chi connectivity index (χ1n) is 9.96. The van der Waals surface area contributed by atoms with Gasteiger partial charge in [0.15, 0.2) is 11.5 Å². The van der Waals surface area contributed by atoms with Crippen LogP contribution in [0, 0.1) is 0 Å². The number of fused-ring (bicyclic) bond motifs is 2. The molecule has 0 saturated heterocycles. The molecule has 0 unspecified atom stereocenters. The summed E-state index contributed by atoms with van der Waals surface area (Å²) in [7, 11) is 0. The van der Waals surface area contributed by atoms with Crippen LogP contribution in [-0.4, -0.2) is 43.4 Å². The van der Waals surface area contributed by atoms with Gasteiger partial charge in [-0.15, -0.1) is 0 Å². The van der Waals surface area contributed by atoms with Crippen LogP contribution in [0.3, 0.4) is 0 Å². The minimum atomic E-state index is 0.000652. The minimum absolute atomic E-state index is 0.000652. The van der Waals surface area contributed by atoms with Crippen molar-refractivity contribution in [2.45, 2.75) is 19.0 Å². The van der Waals surface area contributed by atoms with Crippen LogP contribution in [0.15, 0.2) is 55.1 Å². The summed E-state index contributed by atoms with van der Waals surface area (Å²) < 4.78 is 11.0. The molecule has 150 valence electrons. The highest BCUT2D eigenvalue weighted by atomic mass is 16.7. The topological polar surface area (TPSA) is 92.0 Å². The maximum Gasteiger partial charge on any atom is 0.231 e. The summed E-state index contributed by atoms with van der Waals surface area (Å²) in [6, 6.07) is 12.0. The Morgan fingerprint density at radius 2 is 2.07 bits per heavy atom. The number of hydrogen-bond acceptors (Lipinski definition) is 6. The second kappa shape index (κ2) is 7.00. The van der Waals surface area contributed by atoms with Gasteiger partial charge in [0.25, 0.3) is 0 Å². The standard InChI is InChI=1S/C22H20N6O2/c1-2-7-23-17(3-1)22-21-16(24-12-25-21)6-8-28(22)11-15-10-26-27-20(15)14-4-5-18-19(9-14)30-13-29-18/h1-5,7,9-10,12,22H,6,8,11,13H2,(H,24,25)(H,26,27)/t22-/m0/s1. The van der Waals surface area contributed by atoms with Crippen LogP contribution < -0.4 is 9.47 Å². The fourth-order valence-electron chi connectivity index (χ4n) is 4.31. The third kappa shape index (κ3) is 2.84. The van der Waals surface area contributed by atoms with Gasteiger partial charge in [0.1, 0.15) is 0 Å². The molecule has 0 spiro atoms. The molecule has 4 aromatic rings. The van der Waals surface area contributed by atoms with E-state index in [9.17, 15) is 0 Å². The molecule has 0 aliphatic carbocycles. The maximum absolute atomic E-state index is 5.55. The lowest BCUT2D eigenvalue weighted by molar-refractivity contribution is 0.174. The molecule has 8 nitrogen and oxygen atoms in total. The molecule has 8 heteroatoms. The number of nitrogens with one attached hydrogen (secondary N) is 2. The highest BCUT2D eigenvalue weighted by Gasteiger charge is 2.32. The molecule has 2 aliphatic heterocycles. The van der Waals surface area contributed by atoms with E-state index < -0.39 is 0 Å². The van der Waals surface area contributed by atoms with Crippen molar-refractivity contribution >= 4 is 0 Å². The van der Waals surface area contributed by atoms with E-state index in [0.717, 1.165) is 59.2 Å². The molecular formula is C22H20N6O2. The SMILES string of the molecule is c1ccc([C@H]2c3nc[nH]c3CCN2Cc2cn[nH]c2-c2ccc3c(c2)OCO3)nc1. The van der Waals surface area contributed by atoms with Crippen LogP contribution in [0.1, 0.15) is 28.7 Å². The smallest absolute Gasteiger partial charge is 0.231 e. The quantitative estimate of drug-likeness (QED) is 0.547. The summed E-state index contributed by atoms with van der Waals surface area (Å²) in [5, 5.41) is 7.49. The van der Waals surface area contributed by atoms with Gasteiger partial charge in [-0.25, -0.2) is 4.98 Å². The molecule has 0 amide bonds. The molecule has 2 N–H and O–H groups in total. The third-order valence-corrected chi connectivity index (χ3v) is 5.75. The molecule has 0 bridgehead atoms. The number of nitrogens with zero attached hydrogens (tertiary/aromatic N) is 4. The monoisotopic (exact) mass is 400 g/mol. The van der Waals surface area contributed by atoms with Crippen molar-refractivity contribution in [1.29, 1.82) is 0 Å². The zero-order valence-electron chi connectivity index (χ0n) is 16.2. The number of pyridine rings is 1. The highest BCUT2D eigenvalue weighted by Crippen LogP contribution is 2.38. The zero-order valence-corrected chi connectivity index (χ0v) is 16.2. The van der Waals surface area contributed by atoms with Gasteiger partial charge >= 0.3 is 0 Å². The van der Waals surface area contributed by atoms with Crippen LogP contribution in [0.25, 0.3) is 11.3 Å². The Kier molecular flexibility index (Phi) is 4.02. The number of ether oxygens (including phenoxy) is 2. The fourth-order valence-corrected chi connectivity index (χ4v) is 4.31. The molecular weight excluding hydrogens is 380 g/mol. The van der Waals surface area contributed by atoms with Gasteiger partial charge in [-0.05, 0) is 30.3 Å². The Labute approximate surface area is 172 Å². The molecule has 0 radical (unpaired) electrons. The van der Waals surface area contributed by atoms with E-state index in [-0.39, 0.29) is 12.8 Å². The van der Waals surface area contributed by atoms with Gasteiger partial charge in [-0.2, -0.15) is 5.10 Å². The first-order chi connectivity index (χ1) is 14.9. The van der Waals surface area contributed by atoms with Gasteiger partial charge in [-0.1, -0.05) is 6.07 Å².